The van der Waals surface area contributed by atoms with Gasteiger partial charge in [-0.15, -0.1) is 22.0 Å². The molecule has 2 aromatic heterocycles. The van der Waals surface area contributed by atoms with Crippen molar-refractivity contribution in [3.63, 3.8) is 0 Å². The number of hydrogen-bond donors (Lipinski definition) is 0. The van der Waals surface area contributed by atoms with Crippen LogP contribution in [0.5, 0.6) is 0 Å². The van der Waals surface area contributed by atoms with Crippen LogP contribution in [-0.4, -0.2) is 24.8 Å². The van der Waals surface area contributed by atoms with E-state index in [1.54, 1.807) is 4.52 Å². The van der Waals surface area contributed by atoms with E-state index in [-0.39, 0.29) is 5.25 Å². The molecule has 0 fully saturated rings. The van der Waals surface area contributed by atoms with E-state index in [9.17, 15) is 0 Å². The van der Waals surface area contributed by atoms with Gasteiger partial charge in [-0.05, 0) is 17.7 Å². The molecule has 0 N–H and O–H groups in total. The lowest BCUT2D eigenvalue weighted by atomic mass is 10.0. The number of benzene rings is 4. The summed E-state index contributed by atoms with van der Waals surface area (Å²) in [7, 11) is 0. The molecule has 0 aliphatic rings. The molecular formula is C30H23N5S. The van der Waals surface area contributed by atoms with Crippen LogP contribution in [-0.2, 0) is 6.42 Å². The van der Waals surface area contributed by atoms with Gasteiger partial charge in [0.15, 0.2) is 5.82 Å². The minimum atomic E-state index is 0.150. The third kappa shape index (κ3) is 4.63. The van der Waals surface area contributed by atoms with Crippen LogP contribution in [0.1, 0.15) is 16.6 Å². The fraction of sp³-hybridized carbons (Fsp3) is 0.0667. The second kappa shape index (κ2) is 10.1. The Hall–Kier alpha value is -4.29. The molecule has 6 aromatic rings. The smallest absolute Gasteiger partial charge is 0.207 e. The highest BCUT2D eigenvalue weighted by atomic mass is 32.2. The van der Waals surface area contributed by atoms with Gasteiger partial charge in [-0.25, -0.2) is 4.98 Å². The van der Waals surface area contributed by atoms with E-state index in [0.717, 1.165) is 28.3 Å². The molecule has 1 unspecified atom stereocenters. The molecule has 2 heterocycles. The minimum absolute atomic E-state index is 0.150. The Morgan fingerprint density at radius 2 is 1.17 bits per heavy atom. The maximum Gasteiger partial charge on any atom is 0.272 e. The summed E-state index contributed by atoms with van der Waals surface area (Å²) in [4.78, 5) is 6.14. The van der Waals surface area contributed by atoms with Crippen molar-refractivity contribution in [2.75, 3.05) is 0 Å². The van der Waals surface area contributed by atoms with Gasteiger partial charge in [0.25, 0.3) is 5.78 Å². The van der Waals surface area contributed by atoms with Crippen LogP contribution < -0.4 is 0 Å². The molecular weight excluding hydrogens is 462 g/mol. The van der Waals surface area contributed by atoms with Crippen molar-refractivity contribution in [1.29, 1.82) is 0 Å². The molecule has 0 saturated heterocycles. The van der Waals surface area contributed by atoms with Gasteiger partial charge in [0, 0.05) is 27.7 Å². The molecule has 1 atom stereocenters. The zero-order valence-corrected chi connectivity index (χ0v) is 20.3. The number of fused-ring (bicyclic) bond motifs is 1. The van der Waals surface area contributed by atoms with Gasteiger partial charge in [-0.3, -0.25) is 0 Å². The lowest BCUT2D eigenvalue weighted by Crippen LogP contribution is -2.08. The summed E-state index contributed by atoms with van der Waals surface area (Å²) >= 11 is 1.82. The van der Waals surface area contributed by atoms with Crippen molar-refractivity contribution in [2.24, 2.45) is 0 Å². The van der Waals surface area contributed by atoms with Crippen LogP contribution in [0.3, 0.4) is 0 Å². The molecule has 0 saturated carbocycles. The number of thioether (sulfide) groups is 1. The molecule has 174 valence electrons. The molecule has 0 aliphatic heterocycles. The van der Waals surface area contributed by atoms with E-state index in [1.165, 1.54) is 10.5 Å². The van der Waals surface area contributed by atoms with E-state index < -0.39 is 0 Å². The third-order valence-electron chi connectivity index (χ3n) is 5.98. The fourth-order valence-electron chi connectivity index (χ4n) is 4.21. The van der Waals surface area contributed by atoms with E-state index in [4.69, 9.17) is 10.1 Å². The molecule has 0 aliphatic carbocycles. The standard InChI is InChI=1S/C30H23N5S/c1-5-13-22(14-6-1)26(36-25-19-11-4-12-20-25)21-27-32-33-30-31-28(23-15-7-2-8-16-23)29(34-35(27)30)24-17-9-3-10-18-24/h1-20,26H,21H2. The van der Waals surface area contributed by atoms with Crippen molar-refractivity contribution >= 4 is 17.5 Å². The van der Waals surface area contributed by atoms with E-state index in [1.807, 2.05) is 72.4 Å². The summed E-state index contributed by atoms with van der Waals surface area (Å²) in [5.74, 6) is 1.28. The highest BCUT2D eigenvalue weighted by Crippen LogP contribution is 2.37. The highest BCUT2D eigenvalue weighted by Gasteiger charge is 2.21. The van der Waals surface area contributed by atoms with Crippen LogP contribution in [0, 0.1) is 0 Å². The summed E-state index contributed by atoms with van der Waals surface area (Å²) in [6, 6.07) is 41.3. The third-order valence-corrected chi connectivity index (χ3v) is 7.25. The van der Waals surface area contributed by atoms with E-state index in [0.29, 0.717) is 12.2 Å². The Morgan fingerprint density at radius 1 is 0.611 bits per heavy atom. The fourth-order valence-corrected chi connectivity index (χ4v) is 5.38. The van der Waals surface area contributed by atoms with Gasteiger partial charge < -0.3 is 0 Å². The SMILES string of the molecule is c1ccc(SC(Cc2nnc3nc(-c4ccccc4)c(-c4ccccc4)nn23)c2ccccc2)cc1. The highest BCUT2D eigenvalue weighted by molar-refractivity contribution is 7.99. The van der Waals surface area contributed by atoms with Gasteiger partial charge in [-0.2, -0.15) is 9.61 Å². The molecule has 6 rings (SSSR count). The lowest BCUT2D eigenvalue weighted by molar-refractivity contribution is 0.771. The number of rotatable bonds is 7. The van der Waals surface area contributed by atoms with Crippen molar-refractivity contribution in [3.8, 4) is 22.5 Å². The molecule has 36 heavy (non-hydrogen) atoms. The van der Waals surface area contributed by atoms with Gasteiger partial charge in [0.2, 0.25) is 0 Å². The monoisotopic (exact) mass is 485 g/mol. The number of aromatic nitrogens is 5. The van der Waals surface area contributed by atoms with Gasteiger partial charge >= 0.3 is 0 Å². The van der Waals surface area contributed by atoms with Crippen LogP contribution in [0.25, 0.3) is 28.3 Å². The number of nitrogens with zero attached hydrogens (tertiary/aromatic N) is 5. The van der Waals surface area contributed by atoms with Crippen molar-refractivity contribution in [2.45, 2.75) is 16.6 Å². The predicted molar refractivity (Wildman–Crippen MR) is 145 cm³/mol. The van der Waals surface area contributed by atoms with Gasteiger partial charge in [0.1, 0.15) is 11.4 Å². The maximum atomic E-state index is 5.06. The first kappa shape index (κ1) is 22.2. The normalized spacial score (nSPS) is 12.0. The minimum Gasteiger partial charge on any atom is -0.207 e. The Bertz CT molecular complexity index is 1570. The first-order valence-electron chi connectivity index (χ1n) is 11.8. The maximum absolute atomic E-state index is 5.06. The molecule has 0 amide bonds. The number of hydrogen-bond acceptors (Lipinski definition) is 5. The summed E-state index contributed by atoms with van der Waals surface area (Å²) < 4.78 is 1.80. The van der Waals surface area contributed by atoms with Gasteiger partial charge in [-0.1, -0.05) is 109 Å². The second-order valence-corrected chi connectivity index (χ2v) is 9.68. The molecule has 4 aromatic carbocycles. The predicted octanol–water partition coefficient (Wildman–Crippen LogP) is 6.93. The van der Waals surface area contributed by atoms with Crippen molar-refractivity contribution < 1.29 is 0 Å². The van der Waals surface area contributed by atoms with Crippen LogP contribution in [0.15, 0.2) is 126 Å². The van der Waals surface area contributed by atoms with Gasteiger partial charge in [0.05, 0.1) is 0 Å². The lowest BCUT2D eigenvalue weighted by Gasteiger charge is -2.16. The first-order valence-corrected chi connectivity index (χ1v) is 12.7. The van der Waals surface area contributed by atoms with Crippen LogP contribution in [0.4, 0.5) is 0 Å². The largest absolute Gasteiger partial charge is 0.272 e. The summed E-state index contributed by atoms with van der Waals surface area (Å²) in [5.41, 5.74) is 4.84. The first-order chi connectivity index (χ1) is 17.8. The topological polar surface area (TPSA) is 56.0 Å². The van der Waals surface area contributed by atoms with Crippen molar-refractivity contribution in [1.82, 2.24) is 24.8 Å². The zero-order valence-electron chi connectivity index (χ0n) is 19.5. The molecule has 0 spiro atoms. The Kier molecular flexibility index (Phi) is 6.25. The molecule has 5 nitrogen and oxygen atoms in total. The summed E-state index contributed by atoms with van der Waals surface area (Å²) in [6.45, 7) is 0. The Morgan fingerprint density at radius 3 is 1.81 bits per heavy atom. The van der Waals surface area contributed by atoms with Crippen LogP contribution in [0.2, 0.25) is 0 Å². The van der Waals surface area contributed by atoms with E-state index in [2.05, 4.69) is 70.9 Å². The zero-order chi connectivity index (χ0) is 24.2. The average molecular weight is 486 g/mol. The average Bonchev–Trinajstić information content (AvgIpc) is 3.35. The van der Waals surface area contributed by atoms with Crippen molar-refractivity contribution in [3.05, 3.63) is 133 Å². The molecule has 0 radical (unpaired) electrons. The Labute approximate surface area is 213 Å². The molecule has 6 heteroatoms. The Balaban J connectivity index is 1.45. The van der Waals surface area contributed by atoms with Crippen LogP contribution >= 0.6 is 11.8 Å². The molecule has 0 bridgehead atoms. The van der Waals surface area contributed by atoms with E-state index >= 15 is 0 Å². The summed E-state index contributed by atoms with van der Waals surface area (Å²) in [5, 5.41) is 14.2. The summed E-state index contributed by atoms with van der Waals surface area (Å²) in [6.07, 6.45) is 0.665. The quantitative estimate of drug-likeness (QED) is 0.230. The second-order valence-electron chi connectivity index (χ2n) is 8.40.